The summed E-state index contributed by atoms with van der Waals surface area (Å²) in [7, 11) is -3.99. The molecule has 0 aromatic heterocycles. The van der Waals surface area contributed by atoms with Crippen LogP contribution in [-0.4, -0.2) is 33.6 Å². The van der Waals surface area contributed by atoms with E-state index in [4.69, 9.17) is 26.2 Å². The quantitative estimate of drug-likeness (QED) is 0.691. The van der Waals surface area contributed by atoms with E-state index in [9.17, 15) is 13.2 Å². The van der Waals surface area contributed by atoms with Gasteiger partial charge in [-0.3, -0.25) is 4.79 Å². The summed E-state index contributed by atoms with van der Waals surface area (Å²) < 4.78 is 35.2. The highest BCUT2D eigenvalue weighted by molar-refractivity contribution is 7.89. The Hall–Kier alpha value is -1.97. The minimum atomic E-state index is -3.99. The molecule has 0 spiro atoms. The van der Waals surface area contributed by atoms with E-state index in [-0.39, 0.29) is 29.9 Å². The second-order valence-corrected chi connectivity index (χ2v) is 8.77. The number of nitrogens with one attached hydrogen (secondary N) is 1. The van der Waals surface area contributed by atoms with E-state index in [0.29, 0.717) is 35.1 Å². The Balaban J connectivity index is 1.71. The summed E-state index contributed by atoms with van der Waals surface area (Å²) in [6.45, 7) is 1.29. The molecule has 1 unspecified atom stereocenters. The van der Waals surface area contributed by atoms with Crippen LogP contribution >= 0.6 is 11.6 Å². The first-order chi connectivity index (χ1) is 13.8. The summed E-state index contributed by atoms with van der Waals surface area (Å²) in [4.78, 5) is 12.2. The number of nitrogens with two attached hydrogens (primary N) is 1. The first-order valence-electron chi connectivity index (χ1n) is 9.21. The van der Waals surface area contributed by atoms with Gasteiger partial charge in [0.2, 0.25) is 15.9 Å². The van der Waals surface area contributed by atoms with Crippen molar-refractivity contribution in [2.45, 2.75) is 36.9 Å². The zero-order valence-electron chi connectivity index (χ0n) is 15.8. The van der Waals surface area contributed by atoms with Gasteiger partial charge in [-0.25, -0.2) is 13.6 Å². The molecule has 0 radical (unpaired) electrons. The molecule has 1 amide bonds. The Morgan fingerprint density at radius 3 is 2.72 bits per heavy atom. The summed E-state index contributed by atoms with van der Waals surface area (Å²) in [6, 6.07) is 11.6. The monoisotopic (exact) mass is 438 g/mol. The Kier molecular flexibility index (Phi) is 7.26. The standard InChI is InChI=1S/C20H23ClN2O5S/c21-18-6-2-1-4-14(18)10-20(24)23-16-8-7-15(19(11-16)29(22,25)26)12-28-17-5-3-9-27-13-17/h1-2,4,6-8,11,17H,3,5,9-10,12-13H2,(H,23,24)(H2,22,25,26). The van der Waals surface area contributed by atoms with Gasteiger partial charge in [-0.2, -0.15) is 0 Å². The number of halogens is 1. The summed E-state index contributed by atoms with van der Waals surface area (Å²) >= 11 is 6.08. The van der Waals surface area contributed by atoms with Crippen LogP contribution in [0.4, 0.5) is 5.69 Å². The molecule has 0 saturated carbocycles. The lowest BCUT2D eigenvalue weighted by molar-refractivity contribution is -0.115. The van der Waals surface area contributed by atoms with Crippen LogP contribution in [0.2, 0.25) is 5.02 Å². The van der Waals surface area contributed by atoms with Crippen LogP contribution in [0.15, 0.2) is 47.4 Å². The van der Waals surface area contributed by atoms with Gasteiger partial charge < -0.3 is 14.8 Å². The number of carbonyl (C=O) groups is 1. The second kappa shape index (κ2) is 9.69. The minimum absolute atomic E-state index is 0.0664. The lowest BCUT2D eigenvalue weighted by atomic mass is 10.1. The third-order valence-corrected chi connectivity index (χ3v) is 5.92. The Morgan fingerprint density at radius 1 is 1.24 bits per heavy atom. The minimum Gasteiger partial charge on any atom is -0.379 e. The average molecular weight is 439 g/mol. The van der Waals surface area contributed by atoms with E-state index in [1.807, 2.05) is 0 Å². The van der Waals surface area contributed by atoms with Crippen molar-refractivity contribution in [1.82, 2.24) is 0 Å². The average Bonchev–Trinajstić information content (AvgIpc) is 2.69. The molecule has 2 aromatic carbocycles. The molecular formula is C20H23ClN2O5S. The van der Waals surface area contributed by atoms with Gasteiger partial charge >= 0.3 is 0 Å². The van der Waals surface area contributed by atoms with E-state index < -0.39 is 10.0 Å². The van der Waals surface area contributed by atoms with Crippen LogP contribution in [0.1, 0.15) is 24.0 Å². The fraction of sp³-hybridized carbons (Fsp3) is 0.350. The van der Waals surface area contributed by atoms with Crippen molar-refractivity contribution in [2.75, 3.05) is 18.5 Å². The van der Waals surface area contributed by atoms with Gasteiger partial charge in [0, 0.05) is 17.3 Å². The van der Waals surface area contributed by atoms with Crippen molar-refractivity contribution in [3.63, 3.8) is 0 Å². The maximum Gasteiger partial charge on any atom is 0.238 e. The molecule has 9 heteroatoms. The van der Waals surface area contributed by atoms with E-state index in [1.165, 1.54) is 6.07 Å². The largest absolute Gasteiger partial charge is 0.379 e. The van der Waals surface area contributed by atoms with Crippen LogP contribution in [0, 0.1) is 0 Å². The smallest absolute Gasteiger partial charge is 0.238 e. The lowest BCUT2D eigenvalue weighted by Crippen LogP contribution is -2.26. The van der Waals surface area contributed by atoms with Crippen LogP contribution in [-0.2, 0) is 37.3 Å². The molecule has 156 valence electrons. The molecule has 3 N–H and O–H groups in total. The second-order valence-electron chi connectivity index (χ2n) is 6.83. The molecule has 3 rings (SSSR count). The van der Waals surface area contributed by atoms with E-state index in [2.05, 4.69) is 5.32 Å². The summed E-state index contributed by atoms with van der Waals surface area (Å²) in [6.07, 6.45) is 1.76. The van der Waals surface area contributed by atoms with Gasteiger partial charge in [-0.1, -0.05) is 35.9 Å². The molecule has 1 heterocycles. The van der Waals surface area contributed by atoms with Crippen molar-refractivity contribution >= 4 is 33.2 Å². The van der Waals surface area contributed by atoms with Crippen molar-refractivity contribution in [3.05, 3.63) is 58.6 Å². The van der Waals surface area contributed by atoms with Gasteiger partial charge in [0.15, 0.2) is 0 Å². The van der Waals surface area contributed by atoms with Gasteiger partial charge in [0.05, 0.1) is 30.6 Å². The van der Waals surface area contributed by atoms with Crippen molar-refractivity contribution in [1.29, 1.82) is 0 Å². The van der Waals surface area contributed by atoms with Crippen LogP contribution in [0.5, 0.6) is 0 Å². The highest BCUT2D eigenvalue weighted by atomic mass is 35.5. The number of ether oxygens (including phenoxy) is 2. The molecule has 29 heavy (non-hydrogen) atoms. The molecule has 2 aromatic rings. The molecule has 1 aliphatic heterocycles. The van der Waals surface area contributed by atoms with Crippen molar-refractivity contribution < 1.29 is 22.7 Å². The number of sulfonamides is 1. The number of benzene rings is 2. The molecule has 0 bridgehead atoms. The van der Waals surface area contributed by atoms with E-state index in [1.54, 1.807) is 36.4 Å². The zero-order chi connectivity index (χ0) is 20.9. The topological polar surface area (TPSA) is 108 Å². The van der Waals surface area contributed by atoms with Crippen LogP contribution < -0.4 is 10.5 Å². The number of amides is 1. The van der Waals surface area contributed by atoms with Crippen LogP contribution in [0.25, 0.3) is 0 Å². The number of rotatable bonds is 7. The van der Waals surface area contributed by atoms with Gasteiger partial charge in [-0.15, -0.1) is 0 Å². The predicted molar refractivity (Wildman–Crippen MR) is 110 cm³/mol. The SMILES string of the molecule is NS(=O)(=O)c1cc(NC(=O)Cc2ccccc2Cl)ccc1COC1CCCOC1. The number of carbonyl (C=O) groups excluding carboxylic acids is 1. The highest BCUT2D eigenvalue weighted by Gasteiger charge is 2.19. The van der Waals surface area contributed by atoms with Gasteiger partial charge in [0.1, 0.15) is 0 Å². The number of anilines is 1. The molecule has 1 atom stereocenters. The lowest BCUT2D eigenvalue weighted by Gasteiger charge is -2.23. The van der Waals surface area contributed by atoms with Crippen LogP contribution in [0.3, 0.4) is 0 Å². The molecular weight excluding hydrogens is 416 g/mol. The molecule has 0 aliphatic carbocycles. The van der Waals surface area contributed by atoms with Crippen molar-refractivity contribution in [2.24, 2.45) is 5.14 Å². The summed E-state index contributed by atoms with van der Waals surface area (Å²) in [5, 5.41) is 8.55. The van der Waals surface area contributed by atoms with Gasteiger partial charge in [-0.05, 0) is 42.2 Å². The normalized spacial score (nSPS) is 17.1. The first kappa shape index (κ1) is 21.7. The maximum absolute atomic E-state index is 12.3. The third-order valence-electron chi connectivity index (χ3n) is 4.56. The Labute approximate surface area is 175 Å². The summed E-state index contributed by atoms with van der Waals surface area (Å²) in [5.41, 5.74) is 1.44. The highest BCUT2D eigenvalue weighted by Crippen LogP contribution is 2.23. The molecule has 1 aliphatic rings. The number of hydrogen-bond acceptors (Lipinski definition) is 5. The van der Waals surface area contributed by atoms with E-state index >= 15 is 0 Å². The molecule has 7 nitrogen and oxygen atoms in total. The fourth-order valence-corrected chi connectivity index (χ4v) is 4.07. The third kappa shape index (κ3) is 6.25. The first-order valence-corrected chi connectivity index (χ1v) is 11.1. The molecule has 1 saturated heterocycles. The number of primary sulfonamides is 1. The Bertz CT molecular complexity index is 975. The number of hydrogen-bond donors (Lipinski definition) is 2. The maximum atomic E-state index is 12.3. The zero-order valence-corrected chi connectivity index (χ0v) is 17.3. The fourth-order valence-electron chi connectivity index (χ4n) is 3.09. The predicted octanol–water partition coefficient (Wildman–Crippen LogP) is 2.86. The van der Waals surface area contributed by atoms with E-state index in [0.717, 1.165) is 12.8 Å². The molecule has 1 fully saturated rings. The van der Waals surface area contributed by atoms with Crippen molar-refractivity contribution in [3.8, 4) is 0 Å². The van der Waals surface area contributed by atoms with Gasteiger partial charge in [0.25, 0.3) is 0 Å². The Morgan fingerprint density at radius 2 is 2.03 bits per heavy atom. The summed E-state index contributed by atoms with van der Waals surface area (Å²) in [5.74, 6) is -0.318.